The van der Waals surface area contributed by atoms with E-state index in [2.05, 4.69) is 0 Å². The maximum absolute atomic E-state index is 13.2. The third kappa shape index (κ3) is 3.56. The minimum Gasteiger partial charge on any atom is -0.467 e. The second-order valence-electron chi connectivity index (χ2n) is 5.05. The number of piperidine rings is 1. The number of methoxy groups -OCH3 is 1. The molecule has 1 fully saturated rings. The van der Waals surface area contributed by atoms with Crippen molar-refractivity contribution in [1.29, 1.82) is 0 Å². The quantitative estimate of drug-likeness (QED) is 0.802. The molecule has 21 heavy (non-hydrogen) atoms. The number of halogens is 2. The zero-order valence-electron chi connectivity index (χ0n) is 11.8. The summed E-state index contributed by atoms with van der Waals surface area (Å²) >= 11 is 0. The van der Waals surface area contributed by atoms with E-state index in [0.29, 0.717) is 18.5 Å². The van der Waals surface area contributed by atoms with E-state index in [1.54, 1.807) is 0 Å². The van der Waals surface area contributed by atoms with Crippen molar-refractivity contribution in [3.8, 4) is 0 Å². The minimum absolute atomic E-state index is 0.0648. The molecule has 1 atom stereocenters. The zero-order chi connectivity index (χ0) is 15.4. The van der Waals surface area contributed by atoms with Crippen LogP contribution < -0.4 is 0 Å². The number of carbonyl (C=O) groups is 2. The summed E-state index contributed by atoms with van der Waals surface area (Å²) in [5, 5.41) is 0. The summed E-state index contributed by atoms with van der Waals surface area (Å²) in [5.41, 5.74) is 0.382. The average molecular weight is 297 g/mol. The first-order chi connectivity index (χ1) is 10.0. The number of esters is 1. The van der Waals surface area contributed by atoms with Gasteiger partial charge in [0.25, 0.3) is 0 Å². The Morgan fingerprint density at radius 1 is 1.29 bits per heavy atom. The van der Waals surface area contributed by atoms with Crippen molar-refractivity contribution in [1.82, 2.24) is 4.90 Å². The van der Waals surface area contributed by atoms with Gasteiger partial charge in [0.2, 0.25) is 5.91 Å². The fourth-order valence-corrected chi connectivity index (χ4v) is 2.54. The van der Waals surface area contributed by atoms with Crippen LogP contribution in [0.1, 0.15) is 24.8 Å². The van der Waals surface area contributed by atoms with Crippen LogP contribution in [-0.4, -0.2) is 36.5 Å². The summed E-state index contributed by atoms with van der Waals surface area (Å²) < 4.78 is 30.7. The molecule has 0 spiro atoms. The highest BCUT2D eigenvalue weighted by atomic mass is 19.2. The first kappa shape index (κ1) is 15.4. The zero-order valence-corrected chi connectivity index (χ0v) is 11.8. The van der Waals surface area contributed by atoms with Gasteiger partial charge in [0.05, 0.1) is 13.5 Å². The van der Waals surface area contributed by atoms with E-state index >= 15 is 0 Å². The molecule has 1 aliphatic heterocycles. The average Bonchev–Trinajstić information content (AvgIpc) is 2.50. The molecule has 0 radical (unpaired) electrons. The first-order valence-electron chi connectivity index (χ1n) is 6.84. The highest BCUT2D eigenvalue weighted by Gasteiger charge is 2.32. The van der Waals surface area contributed by atoms with E-state index in [-0.39, 0.29) is 12.3 Å². The first-order valence-corrected chi connectivity index (χ1v) is 6.84. The van der Waals surface area contributed by atoms with Crippen LogP contribution in [-0.2, 0) is 20.7 Å². The highest BCUT2D eigenvalue weighted by Crippen LogP contribution is 2.20. The van der Waals surface area contributed by atoms with Gasteiger partial charge in [0.1, 0.15) is 6.04 Å². The summed E-state index contributed by atoms with van der Waals surface area (Å²) in [6.07, 6.45) is 2.17. The third-order valence-electron chi connectivity index (χ3n) is 3.64. The van der Waals surface area contributed by atoms with Gasteiger partial charge in [0.15, 0.2) is 11.6 Å². The lowest BCUT2D eigenvalue weighted by Gasteiger charge is -2.33. The molecule has 1 aromatic rings. The molecule has 1 saturated heterocycles. The van der Waals surface area contributed by atoms with Gasteiger partial charge < -0.3 is 9.64 Å². The van der Waals surface area contributed by atoms with Crippen LogP contribution in [0.15, 0.2) is 18.2 Å². The summed E-state index contributed by atoms with van der Waals surface area (Å²) in [4.78, 5) is 25.5. The molecule has 1 aromatic carbocycles. The van der Waals surface area contributed by atoms with Crippen molar-refractivity contribution in [2.24, 2.45) is 0 Å². The van der Waals surface area contributed by atoms with Crippen LogP contribution in [0.5, 0.6) is 0 Å². The topological polar surface area (TPSA) is 46.6 Å². The Hall–Kier alpha value is -1.98. The van der Waals surface area contributed by atoms with E-state index in [0.717, 1.165) is 25.0 Å². The Bertz CT molecular complexity index is 548. The Morgan fingerprint density at radius 3 is 2.71 bits per heavy atom. The maximum Gasteiger partial charge on any atom is 0.328 e. The second kappa shape index (κ2) is 6.65. The lowest BCUT2D eigenvalue weighted by molar-refractivity contribution is -0.154. The van der Waals surface area contributed by atoms with Gasteiger partial charge >= 0.3 is 5.97 Å². The van der Waals surface area contributed by atoms with Crippen molar-refractivity contribution in [2.75, 3.05) is 13.7 Å². The summed E-state index contributed by atoms with van der Waals surface area (Å²) in [6.45, 7) is 0.474. The molecule has 0 aromatic heterocycles. The van der Waals surface area contributed by atoms with Crippen molar-refractivity contribution in [3.63, 3.8) is 0 Å². The number of rotatable bonds is 3. The van der Waals surface area contributed by atoms with E-state index in [1.807, 2.05) is 0 Å². The molecule has 1 aliphatic rings. The predicted molar refractivity (Wildman–Crippen MR) is 71.4 cm³/mol. The summed E-state index contributed by atoms with van der Waals surface area (Å²) in [5.74, 6) is -2.65. The van der Waals surface area contributed by atoms with Crippen LogP contribution in [0.25, 0.3) is 0 Å². The van der Waals surface area contributed by atoms with E-state index in [9.17, 15) is 18.4 Å². The molecule has 4 nitrogen and oxygen atoms in total. The molecule has 0 N–H and O–H groups in total. The molecule has 2 rings (SSSR count). The molecule has 1 amide bonds. The highest BCUT2D eigenvalue weighted by molar-refractivity contribution is 5.85. The number of nitrogens with zero attached hydrogens (tertiary/aromatic N) is 1. The fourth-order valence-electron chi connectivity index (χ4n) is 2.54. The summed E-state index contributed by atoms with van der Waals surface area (Å²) in [7, 11) is 1.29. The number of likely N-dealkylation sites (tertiary alicyclic amines) is 1. The number of carbonyl (C=O) groups excluding carboxylic acids is 2. The van der Waals surface area contributed by atoms with Crippen LogP contribution in [0.4, 0.5) is 8.78 Å². The lowest BCUT2D eigenvalue weighted by Crippen LogP contribution is -2.49. The number of ether oxygens (including phenoxy) is 1. The third-order valence-corrected chi connectivity index (χ3v) is 3.64. The maximum atomic E-state index is 13.2. The van der Waals surface area contributed by atoms with E-state index < -0.39 is 23.6 Å². The SMILES string of the molecule is COC(=O)C1CCCCN1C(=O)Cc1ccc(F)c(F)c1. The molecule has 6 heteroatoms. The lowest BCUT2D eigenvalue weighted by atomic mass is 10.0. The Balaban J connectivity index is 2.10. The van der Waals surface area contributed by atoms with Crippen LogP contribution in [0, 0.1) is 11.6 Å². The van der Waals surface area contributed by atoms with Gasteiger partial charge in [-0.25, -0.2) is 13.6 Å². The molecule has 0 aliphatic carbocycles. The minimum atomic E-state index is -0.983. The fraction of sp³-hybridized carbons (Fsp3) is 0.467. The normalized spacial score (nSPS) is 18.4. The van der Waals surface area contributed by atoms with Gasteiger partial charge in [-0.15, -0.1) is 0 Å². The number of amides is 1. The van der Waals surface area contributed by atoms with Crippen LogP contribution >= 0.6 is 0 Å². The van der Waals surface area contributed by atoms with Crippen molar-refractivity contribution in [3.05, 3.63) is 35.4 Å². The van der Waals surface area contributed by atoms with Crippen LogP contribution in [0.2, 0.25) is 0 Å². The van der Waals surface area contributed by atoms with Gasteiger partial charge in [-0.2, -0.15) is 0 Å². The molecule has 114 valence electrons. The largest absolute Gasteiger partial charge is 0.467 e. The second-order valence-corrected chi connectivity index (χ2v) is 5.05. The number of hydrogen-bond acceptors (Lipinski definition) is 3. The Labute approximate surface area is 121 Å². The Kier molecular flexibility index (Phi) is 4.88. The molecule has 1 unspecified atom stereocenters. The monoisotopic (exact) mass is 297 g/mol. The molecular formula is C15H17F2NO3. The smallest absolute Gasteiger partial charge is 0.328 e. The van der Waals surface area contributed by atoms with Gasteiger partial charge in [-0.1, -0.05) is 6.07 Å². The molecule has 0 bridgehead atoms. The van der Waals surface area contributed by atoms with E-state index in [1.165, 1.54) is 18.1 Å². The van der Waals surface area contributed by atoms with Crippen molar-refractivity contribution >= 4 is 11.9 Å². The van der Waals surface area contributed by atoms with Gasteiger partial charge in [-0.05, 0) is 37.0 Å². The van der Waals surface area contributed by atoms with Crippen LogP contribution in [0.3, 0.4) is 0 Å². The summed E-state index contributed by atoms with van der Waals surface area (Å²) in [6, 6.07) is 2.78. The number of benzene rings is 1. The van der Waals surface area contributed by atoms with Crippen molar-refractivity contribution in [2.45, 2.75) is 31.7 Å². The molecular weight excluding hydrogens is 280 g/mol. The van der Waals surface area contributed by atoms with Crippen molar-refractivity contribution < 1.29 is 23.1 Å². The molecule has 0 saturated carbocycles. The Morgan fingerprint density at radius 2 is 2.05 bits per heavy atom. The van der Waals surface area contributed by atoms with Gasteiger partial charge in [0, 0.05) is 6.54 Å². The number of hydrogen-bond donors (Lipinski definition) is 0. The standard InChI is InChI=1S/C15H17F2NO3/c1-21-15(20)13-4-2-3-7-18(13)14(19)9-10-5-6-11(16)12(17)8-10/h5-6,8,13H,2-4,7,9H2,1H3. The van der Waals surface area contributed by atoms with E-state index in [4.69, 9.17) is 4.74 Å². The molecule has 1 heterocycles. The predicted octanol–water partition coefficient (Wildman–Crippen LogP) is 2.06. The van der Waals surface area contributed by atoms with Gasteiger partial charge in [-0.3, -0.25) is 4.79 Å².